The van der Waals surface area contributed by atoms with Crippen LogP contribution in [0.2, 0.25) is 0 Å². The predicted molar refractivity (Wildman–Crippen MR) is 178 cm³/mol. The van der Waals surface area contributed by atoms with E-state index in [-0.39, 0.29) is 17.5 Å². The van der Waals surface area contributed by atoms with E-state index in [0.717, 1.165) is 63.2 Å². The van der Waals surface area contributed by atoms with Gasteiger partial charge in [-0.25, -0.2) is 9.78 Å². The number of aromatic nitrogens is 2. The Morgan fingerprint density at radius 3 is 2.46 bits per heavy atom. The third kappa shape index (κ3) is 6.74. The molecule has 1 saturated carbocycles. The Kier molecular flexibility index (Phi) is 8.79. The summed E-state index contributed by atoms with van der Waals surface area (Å²) in [4.78, 5) is 51.1. The summed E-state index contributed by atoms with van der Waals surface area (Å²) in [7, 11) is 3.73. The molecule has 6 rings (SSSR count). The maximum atomic E-state index is 13.7. The van der Waals surface area contributed by atoms with Gasteiger partial charge in [-0.15, -0.1) is 0 Å². The van der Waals surface area contributed by atoms with Gasteiger partial charge in [0.05, 0.1) is 29.2 Å². The van der Waals surface area contributed by atoms with Gasteiger partial charge in [-0.2, -0.15) is 0 Å². The summed E-state index contributed by atoms with van der Waals surface area (Å²) in [6, 6.07) is 11.2. The van der Waals surface area contributed by atoms with Gasteiger partial charge in [0.2, 0.25) is 5.91 Å². The highest BCUT2D eigenvalue weighted by Crippen LogP contribution is 2.43. The Hall–Kier alpha value is -4.00. The van der Waals surface area contributed by atoms with Crippen LogP contribution in [0.4, 0.5) is 16.2 Å². The normalized spacial score (nSPS) is 20.1. The second-order valence-electron chi connectivity index (χ2n) is 13.7. The lowest BCUT2D eigenvalue weighted by Gasteiger charge is -2.37. The quantitative estimate of drug-likeness (QED) is 0.386. The second kappa shape index (κ2) is 12.7. The zero-order chi connectivity index (χ0) is 32.6. The standard InChI is InChI=1S/C34H45N7O5/c1-33(2,3)46-32(44)36-24-10-13-39(20-24)25-8-9-27-29(18-25)35-22-41(30(27)42)26-7-6-23(21-45-5)28(19-26)37-31(43)34(11-12-34)40-16-14-38(4)15-17-40/h6-9,18-19,22,24H,10-17,20-21H2,1-5H3,(H,36,44)(H,37,43)/t24-/m1/s1. The minimum Gasteiger partial charge on any atom is -0.444 e. The number of alkyl carbamates (subject to hydrolysis) is 1. The van der Waals surface area contributed by atoms with Crippen molar-refractivity contribution in [1.82, 2.24) is 24.7 Å². The molecule has 0 bridgehead atoms. The summed E-state index contributed by atoms with van der Waals surface area (Å²) < 4.78 is 12.3. The van der Waals surface area contributed by atoms with Gasteiger partial charge in [-0.1, -0.05) is 6.07 Å². The molecule has 2 aromatic carbocycles. The largest absolute Gasteiger partial charge is 0.444 e. The minimum absolute atomic E-state index is 0.00600. The van der Waals surface area contributed by atoms with Gasteiger partial charge in [-0.3, -0.25) is 19.1 Å². The maximum Gasteiger partial charge on any atom is 0.407 e. The Morgan fingerprint density at radius 2 is 1.76 bits per heavy atom. The fourth-order valence-corrected chi connectivity index (χ4v) is 6.47. The Morgan fingerprint density at radius 1 is 1.02 bits per heavy atom. The van der Waals surface area contributed by atoms with Crippen molar-refractivity contribution in [1.29, 1.82) is 0 Å². The van der Waals surface area contributed by atoms with Crippen LogP contribution in [-0.2, 0) is 20.9 Å². The van der Waals surface area contributed by atoms with E-state index in [1.54, 1.807) is 13.2 Å². The van der Waals surface area contributed by atoms with Crippen LogP contribution in [0.25, 0.3) is 16.6 Å². The highest BCUT2D eigenvalue weighted by atomic mass is 16.6. The summed E-state index contributed by atoms with van der Waals surface area (Å²) in [6.07, 6.45) is 3.60. The molecule has 12 heteroatoms. The number of methoxy groups -OCH3 is 1. The number of amides is 2. The number of carbonyl (C=O) groups is 2. The van der Waals surface area contributed by atoms with Crippen LogP contribution in [0, 0.1) is 0 Å². The summed E-state index contributed by atoms with van der Waals surface area (Å²) in [5, 5.41) is 6.64. The number of ether oxygens (including phenoxy) is 2. The number of nitrogens with zero attached hydrogens (tertiary/aromatic N) is 5. The van der Waals surface area contributed by atoms with E-state index in [2.05, 4.69) is 37.4 Å². The molecular weight excluding hydrogens is 586 g/mol. The molecule has 2 N–H and O–H groups in total. The van der Waals surface area contributed by atoms with Gasteiger partial charge in [0.15, 0.2) is 0 Å². The molecule has 1 aromatic heterocycles. The number of fused-ring (bicyclic) bond motifs is 1. The molecule has 3 heterocycles. The van der Waals surface area contributed by atoms with Crippen LogP contribution < -0.4 is 21.1 Å². The molecule has 0 unspecified atom stereocenters. The summed E-state index contributed by atoms with van der Waals surface area (Å²) >= 11 is 0. The van der Waals surface area contributed by atoms with E-state index in [1.165, 1.54) is 10.9 Å². The van der Waals surface area contributed by atoms with Gasteiger partial charge in [0, 0.05) is 63.3 Å². The lowest BCUT2D eigenvalue weighted by atomic mass is 10.1. The molecule has 1 aliphatic carbocycles. The van der Waals surface area contributed by atoms with Crippen molar-refractivity contribution in [2.45, 2.75) is 63.8 Å². The van der Waals surface area contributed by atoms with Crippen LogP contribution >= 0.6 is 0 Å². The lowest BCUT2D eigenvalue weighted by molar-refractivity contribution is -0.123. The number of hydrogen-bond donors (Lipinski definition) is 2. The van der Waals surface area contributed by atoms with E-state index < -0.39 is 17.2 Å². The number of carbonyl (C=O) groups excluding carboxylic acids is 2. The number of nitrogens with one attached hydrogen (secondary N) is 2. The van der Waals surface area contributed by atoms with E-state index in [4.69, 9.17) is 9.47 Å². The van der Waals surface area contributed by atoms with E-state index in [9.17, 15) is 14.4 Å². The van der Waals surface area contributed by atoms with Crippen molar-refractivity contribution < 1.29 is 19.1 Å². The first kappa shape index (κ1) is 32.0. The molecule has 0 spiro atoms. The highest BCUT2D eigenvalue weighted by molar-refractivity contribution is 6.01. The van der Waals surface area contributed by atoms with E-state index in [0.29, 0.717) is 35.4 Å². The number of likely N-dealkylation sites (N-methyl/N-ethyl adjacent to an activating group) is 1. The van der Waals surface area contributed by atoms with Gasteiger partial charge in [0.1, 0.15) is 17.5 Å². The average Bonchev–Trinajstić information content (AvgIpc) is 3.69. The van der Waals surface area contributed by atoms with Crippen LogP contribution in [0.1, 0.15) is 45.6 Å². The summed E-state index contributed by atoms with van der Waals surface area (Å²) in [5.74, 6) is -0.00600. The first-order valence-corrected chi connectivity index (χ1v) is 16.1. The third-order valence-corrected chi connectivity index (χ3v) is 9.19. The van der Waals surface area contributed by atoms with Crippen LogP contribution in [0.3, 0.4) is 0 Å². The molecule has 3 aliphatic rings. The zero-order valence-electron chi connectivity index (χ0n) is 27.5. The minimum atomic E-state index is -0.551. The Bertz CT molecular complexity index is 1670. The SMILES string of the molecule is COCc1ccc(-n2cnc3cc(N4CC[C@@H](NC(=O)OC(C)(C)C)C4)ccc3c2=O)cc1NC(=O)C1(N2CCN(C)CC2)CC1. The molecule has 2 aliphatic heterocycles. The third-order valence-electron chi connectivity index (χ3n) is 9.19. The summed E-state index contributed by atoms with van der Waals surface area (Å²) in [5.41, 5.74) is 2.39. The number of benzene rings is 2. The fraction of sp³-hybridized carbons (Fsp3) is 0.529. The topological polar surface area (TPSA) is 121 Å². The van der Waals surface area contributed by atoms with E-state index in [1.807, 2.05) is 51.1 Å². The first-order chi connectivity index (χ1) is 22.0. The van der Waals surface area contributed by atoms with Gasteiger partial charge in [-0.05, 0) is 77.4 Å². The number of rotatable bonds is 8. The molecule has 246 valence electrons. The second-order valence-corrected chi connectivity index (χ2v) is 13.7. The molecule has 12 nitrogen and oxygen atoms in total. The van der Waals surface area contributed by atoms with E-state index >= 15 is 0 Å². The zero-order valence-corrected chi connectivity index (χ0v) is 27.5. The van der Waals surface area contributed by atoms with Crippen LogP contribution in [0.15, 0.2) is 47.5 Å². The van der Waals surface area contributed by atoms with Crippen molar-refractivity contribution in [2.24, 2.45) is 0 Å². The molecule has 3 aromatic rings. The Labute approximate surface area is 269 Å². The maximum absolute atomic E-state index is 13.7. The molecule has 46 heavy (non-hydrogen) atoms. The number of piperazine rings is 1. The molecule has 3 fully saturated rings. The van der Waals surface area contributed by atoms with Crippen molar-refractivity contribution in [3.05, 3.63) is 58.6 Å². The van der Waals surface area contributed by atoms with Gasteiger partial charge < -0.3 is 29.9 Å². The van der Waals surface area contributed by atoms with Crippen molar-refractivity contribution in [3.63, 3.8) is 0 Å². The smallest absolute Gasteiger partial charge is 0.407 e. The lowest BCUT2D eigenvalue weighted by Crippen LogP contribution is -2.54. The van der Waals surface area contributed by atoms with Crippen molar-refractivity contribution in [2.75, 3.05) is 63.6 Å². The molecule has 2 amide bonds. The molecule has 1 atom stereocenters. The van der Waals surface area contributed by atoms with Crippen molar-refractivity contribution in [3.8, 4) is 5.69 Å². The predicted octanol–water partition coefficient (Wildman–Crippen LogP) is 3.35. The van der Waals surface area contributed by atoms with Gasteiger partial charge >= 0.3 is 6.09 Å². The van der Waals surface area contributed by atoms with Crippen molar-refractivity contribution >= 4 is 34.3 Å². The number of anilines is 2. The molecular formula is C34H45N7O5. The monoisotopic (exact) mass is 631 g/mol. The van der Waals surface area contributed by atoms with Crippen LogP contribution in [0.5, 0.6) is 0 Å². The molecule has 0 radical (unpaired) electrons. The van der Waals surface area contributed by atoms with Gasteiger partial charge in [0.25, 0.3) is 5.56 Å². The average molecular weight is 632 g/mol. The first-order valence-electron chi connectivity index (χ1n) is 16.1. The van der Waals surface area contributed by atoms with Crippen LogP contribution in [-0.4, -0.2) is 102 Å². The highest BCUT2D eigenvalue weighted by Gasteiger charge is 2.54. The molecule has 2 saturated heterocycles. The number of hydrogen-bond acceptors (Lipinski definition) is 9. The summed E-state index contributed by atoms with van der Waals surface area (Å²) in [6.45, 7) is 10.9. The fourth-order valence-electron chi connectivity index (χ4n) is 6.47. The Balaban J connectivity index is 1.20.